The summed E-state index contributed by atoms with van der Waals surface area (Å²) >= 11 is 0. The Morgan fingerprint density at radius 1 is 1.43 bits per heavy atom. The zero-order valence-corrected chi connectivity index (χ0v) is 10.7. The third kappa shape index (κ3) is 5.73. The van der Waals surface area contributed by atoms with Crippen molar-refractivity contribution >= 4 is 10.8 Å². The van der Waals surface area contributed by atoms with Gasteiger partial charge in [0.1, 0.15) is 0 Å². The molecule has 0 radical (unpaired) electrons. The van der Waals surface area contributed by atoms with E-state index in [0.29, 0.717) is 12.4 Å². The first-order chi connectivity index (χ1) is 6.41. The summed E-state index contributed by atoms with van der Waals surface area (Å²) in [6.45, 7) is 9.55. The van der Waals surface area contributed by atoms with E-state index >= 15 is 0 Å². The summed E-state index contributed by atoms with van der Waals surface area (Å²) in [5, 5.41) is 3.27. The van der Waals surface area contributed by atoms with Gasteiger partial charge in [-0.15, -0.1) is 0 Å². The van der Waals surface area contributed by atoms with Crippen molar-refractivity contribution in [2.45, 2.75) is 38.5 Å². The van der Waals surface area contributed by atoms with Crippen LogP contribution in [0.1, 0.15) is 27.7 Å². The van der Waals surface area contributed by atoms with Crippen LogP contribution >= 0.6 is 0 Å². The van der Waals surface area contributed by atoms with E-state index < -0.39 is 10.8 Å². The van der Waals surface area contributed by atoms with Crippen molar-refractivity contribution in [2.75, 3.05) is 26.0 Å². The smallest absolute Gasteiger partial charge is 0.0624 e. The van der Waals surface area contributed by atoms with E-state index in [1.165, 1.54) is 0 Å². The van der Waals surface area contributed by atoms with Crippen LogP contribution in [0, 0.1) is 0 Å². The van der Waals surface area contributed by atoms with Crippen LogP contribution < -0.4 is 5.32 Å². The molecular weight excluding hydrogens is 198 g/mol. The molecule has 0 aliphatic rings. The van der Waals surface area contributed by atoms with Crippen LogP contribution in [0.4, 0.5) is 0 Å². The maximum absolute atomic E-state index is 11.8. The molecule has 0 aromatic heterocycles. The van der Waals surface area contributed by atoms with Gasteiger partial charge in [-0.25, -0.2) is 0 Å². The molecule has 1 N–H and O–H groups in total. The molecule has 0 spiro atoms. The summed E-state index contributed by atoms with van der Waals surface area (Å²) in [6, 6.07) is 0.199. The fraction of sp³-hybridized carbons (Fsp3) is 1.00. The highest BCUT2D eigenvalue weighted by molar-refractivity contribution is 7.86. The summed E-state index contributed by atoms with van der Waals surface area (Å²) in [6.07, 6.45) is 0. The zero-order valence-electron chi connectivity index (χ0n) is 9.92. The van der Waals surface area contributed by atoms with E-state index in [1.54, 1.807) is 7.11 Å². The largest absolute Gasteiger partial charge is 0.383 e. The Morgan fingerprint density at radius 2 is 2.00 bits per heavy atom. The number of rotatable bonds is 6. The summed E-state index contributed by atoms with van der Waals surface area (Å²) in [4.78, 5) is 0. The minimum atomic E-state index is -0.813. The Hall–Kier alpha value is 0.0700. The lowest BCUT2D eigenvalue weighted by Crippen LogP contribution is -2.41. The van der Waals surface area contributed by atoms with Crippen LogP contribution in [0.25, 0.3) is 0 Å². The fourth-order valence-electron chi connectivity index (χ4n) is 1.09. The summed E-state index contributed by atoms with van der Waals surface area (Å²) in [7, 11) is 0.858. The molecule has 0 rings (SSSR count). The molecule has 0 saturated heterocycles. The molecular formula is C10H23NO2S. The molecule has 0 saturated carbocycles. The molecule has 0 fully saturated rings. The lowest BCUT2D eigenvalue weighted by Gasteiger charge is -2.23. The average molecular weight is 221 g/mol. The molecule has 0 aromatic rings. The second-order valence-electron chi connectivity index (χ2n) is 4.33. The van der Waals surface area contributed by atoms with Gasteiger partial charge in [-0.1, -0.05) is 6.92 Å². The van der Waals surface area contributed by atoms with E-state index in [4.69, 9.17) is 4.74 Å². The SMILES string of the molecule is CCNC(COC)CS(=O)C(C)(C)C. The van der Waals surface area contributed by atoms with Gasteiger partial charge in [0, 0.05) is 34.5 Å². The molecule has 0 amide bonds. The fourth-order valence-corrected chi connectivity index (χ4v) is 2.17. The maximum atomic E-state index is 11.8. The van der Waals surface area contributed by atoms with Gasteiger partial charge in [-0.2, -0.15) is 0 Å². The normalized spacial score (nSPS) is 16.6. The summed E-state index contributed by atoms with van der Waals surface area (Å²) in [5.41, 5.74) is 0. The van der Waals surface area contributed by atoms with Crippen LogP contribution in [0.15, 0.2) is 0 Å². The Labute approximate surface area is 90.1 Å². The van der Waals surface area contributed by atoms with Crippen molar-refractivity contribution in [3.8, 4) is 0 Å². The van der Waals surface area contributed by atoms with E-state index in [-0.39, 0.29) is 10.8 Å². The number of hydrogen-bond donors (Lipinski definition) is 1. The first kappa shape index (κ1) is 14.1. The molecule has 86 valence electrons. The summed E-state index contributed by atoms with van der Waals surface area (Å²) in [5.74, 6) is 0.658. The average Bonchev–Trinajstić information content (AvgIpc) is 2.03. The van der Waals surface area contributed by atoms with Crippen LogP contribution in [-0.2, 0) is 15.5 Å². The second-order valence-corrected chi connectivity index (χ2v) is 6.58. The van der Waals surface area contributed by atoms with Gasteiger partial charge in [-0.05, 0) is 27.3 Å². The molecule has 14 heavy (non-hydrogen) atoms. The maximum Gasteiger partial charge on any atom is 0.0624 e. The summed E-state index contributed by atoms with van der Waals surface area (Å²) < 4.78 is 16.8. The van der Waals surface area contributed by atoms with Crippen LogP contribution in [0.3, 0.4) is 0 Å². The lowest BCUT2D eigenvalue weighted by molar-refractivity contribution is 0.174. The van der Waals surface area contributed by atoms with Crippen molar-refractivity contribution < 1.29 is 8.95 Å². The quantitative estimate of drug-likeness (QED) is 0.731. The number of hydrogen-bond acceptors (Lipinski definition) is 3. The Balaban J connectivity index is 4.08. The van der Waals surface area contributed by atoms with E-state index in [0.717, 1.165) is 6.54 Å². The van der Waals surface area contributed by atoms with E-state index in [1.807, 2.05) is 27.7 Å². The number of nitrogens with one attached hydrogen (secondary N) is 1. The Bertz CT molecular complexity index is 171. The molecule has 0 aromatic carbocycles. The second kappa shape index (κ2) is 6.53. The van der Waals surface area contributed by atoms with Gasteiger partial charge in [0.25, 0.3) is 0 Å². The highest BCUT2D eigenvalue weighted by atomic mass is 32.2. The van der Waals surface area contributed by atoms with Crippen molar-refractivity contribution in [2.24, 2.45) is 0 Å². The third-order valence-electron chi connectivity index (χ3n) is 1.90. The zero-order chi connectivity index (χ0) is 11.2. The highest BCUT2D eigenvalue weighted by Gasteiger charge is 2.22. The van der Waals surface area contributed by atoms with E-state index in [2.05, 4.69) is 5.32 Å². The first-order valence-corrected chi connectivity index (χ1v) is 6.34. The van der Waals surface area contributed by atoms with Crippen molar-refractivity contribution in [1.29, 1.82) is 0 Å². The number of likely N-dealkylation sites (N-methyl/N-ethyl adjacent to an activating group) is 1. The van der Waals surface area contributed by atoms with Gasteiger partial charge < -0.3 is 10.1 Å². The minimum Gasteiger partial charge on any atom is -0.383 e. The van der Waals surface area contributed by atoms with E-state index in [9.17, 15) is 4.21 Å². The molecule has 2 unspecified atom stereocenters. The molecule has 0 aliphatic carbocycles. The minimum absolute atomic E-state index is 0.137. The molecule has 0 heterocycles. The molecule has 3 nitrogen and oxygen atoms in total. The third-order valence-corrected chi connectivity index (χ3v) is 3.97. The first-order valence-electron chi connectivity index (χ1n) is 5.02. The van der Waals surface area contributed by atoms with Gasteiger partial charge in [0.05, 0.1) is 6.61 Å². The van der Waals surface area contributed by atoms with Gasteiger partial charge in [-0.3, -0.25) is 4.21 Å². The molecule has 0 bridgehead atoms. The molecule has 2 atom stereocenters. The van der Waals surface area contributed by atoms with Gasteiger partial charge in [0.15, 0.2) is 0 Å². The van der Waals surface area contributed by atoms with Crippen LogP contribution in [0.5, 0.6) is 0 Å². The number of methoxy groups -OCH3 is 1. The van der Waals surface area contributed by atoms with Gasteiger partial charge >= 0.3 is 0 Å². The van der Waals surface area contributed by atoms with Crippen LogP contribution in [0.2, 0.25) is 0 Å². The molecule has 0 aliphatic heterocycles. The number of ether oxygens (including phenoxy) is 1. The lowest BCUT2D eigenvalue weighted by atomic mass is 10.3. The topological polar surface area (TPSA) is 38.3 Å². The standard InChI is InChI=1S/C10H23NO2S/c1-6-11-9(7-13-5)8-14(12)10(2,3)4/h9,11H,6-8H2,1-5H3. The predicted molar refractivity (Wildman–Crippen MR) is 62.1 cm³/mol. The van der Waals surface area contributed by atoms with Gasteiger partial charge in [0.2, 0.25) is 0 Å². The Morgan fingerprint density at radius 3 is 2.36 bits per heavy atom. The van der Waals surface area contributed by atoms with Crippen molar-refractivity contribution in [1.82, 2.24) is 5.32 Å². The van der Waals surface area contributed by atoms with Crippen molar-refractivity contribution in [3.05, 3.63) is 0 Å². The molecule has 4 heteroatoms. The van der Waals surface area contributed by atoms with Crippen LogP contribution in [-0.4, -0.2) is 41.0 Å². The predicted octanol–water partition coefficient (Wildman–Crippen LogP) is 1.16. The Kier molecular flexibility index (Phi) is 6.57. The van der Waals surface area contributed by atoms with Crippen molar-refractivity contribution in [3.63, 3.8) is 0 Å². The monoisotopic (exact) mass is 221 g/mol. The highest BCUT2D eigenvalue weighted by Crippen LogP contribution is 2.12.